The summed E-state index contributed by atoms with van der Waals surface area (Å²) in [5.41, 5.74) is 7.04. The maximum absolute atomic E-state index is 11.8. The first-order chi connectivity index (χ1) is 9.15. The molecule has 0 radical (unpaired) electrons. The molecule has 0 aromatic heterocycles. The van der Waals surface area contributed by atoms with Gasteiger partial charge in [-0.3, -0.25) is 9.59 Å². The van der Waals surface area contributed by atoms with Crippen molar-refractivity contribution in [3.8, 4) is 0 Å². The van der Waals surface area contributed by atoms with E-state index in [0.717, 1.165) is 18.4 Å². The predicted molar refractivity (Wildman–Crippen MR) is 71.3 cm³/mol. The van der Waals surface area contributed by atoms with E-state index < -0.39 is 12.1 Å². The molecule has 0 spiro atoms. The number of carbonyl (C=O) groups is 2. The fourth-order valence-corrected chi connectivity index (χ4v) is 2.09. The van der Waals surface area contributed by atoms with Crippen molar-refractivity contribution in [1.29, 1.82) is 0 Å². The fourth-order valence-electron chi connectivity index (χ4n) is 2.09. The Hall–Kier alpha value is -2.04. The lowest BCUT2D eigenvalue weighted by atomic mass is 10.1. The van der Waals surface area contributed by atoms with Gasteiger partial charge in [-0.25, -0.2) is 0 Å². The molecule has 0 aliphatic carbocycles. The topological polar surface area (TPSA) is 81.4 Å². The molecule has 1 aromatic carbocycles. The number of nitrogen functional groups attached to an aromatic ring is 1. The summed E-state index contributed by atoms with van der Waals surface area (Å²) in [6, 6.07) is 7.09. The van der Waals surface area contributed by atoms with Crippen molar-refractivity contribution < 1.29 is 14.3 Å². The number of hydrogen-bond donors (Lipinski definition) is 2. The van der Waals surface area contributed by atoms with Gasteiger partial charge in [-0.2, -0.15) is 0 Å². The molecule has 1 aromatic rings. The Bertz CT molecular complexity index is 474. The molecule has 2 rings (SSSR count). The highest BCUT2D eigenvalue weighted by atomic mass is 16.5. The molecule has 102 valence electrons. The minimum atomic E-state index is -0.656. The van der Waals surface area contributed by atoms with E-state index in [2.05, 4.69) is 5.32 Å². The normalized spacial score (nSPS) is 19.4. The van der Waals surface area contributed by atoms with E-state index in [9.17, 15) is 9.59 Å². The smallest absolute Gasteiger partial charge is 0.311 e. The van der Waals surface area contributed by atoms with E-state index in [1.54, 1.807) is 18.2 Å². The molecule has 5 heteroatoms. The van der Waals surface area contributed by atoms with Crippen molar-refractivity contribution in [3.63, 3.8) is 0 Å². The lowest BCUT2D eigenvalue weighted by Crippen LogP contribution is -2.36. The Labute approximate surface area is 112 Å². The molecular formula is C14H18N2O3. The molecular weight excluding hydrogens is 244 g/mol. The third-order valence-electron chi connectivity index (χ3n) is 3.06. The molecule has 1 aliphatic heterocycles. The van der Waals surface area contributed by atoms with Crippen molar-refractivity contribution in [2.45, 2.75) is 31.8 Å². The Morgan fingerprint density at radius 2 is 2.26 bits per heavy atom. The molecule has 3 N–H and O–H groups in total. The second kappa shape index (κ2) is 6.22. The van der Waals surface area contributed by atoms with E-state index in [4.69, 9.17) is 10.5 Å². The van der Waals surface area contributed by atoms with Crippen LogP contribution in [0.5, 0.6) is 0 Å². The number of hydrogen-bond acceptors (Lipinski definition) is 4. The minimum Gasteiger partial charge on any atom is -0.452 e. The number of nitrogens with one attached hydrogen (secondary N) is 1. The van der Waals surface area contributed by atoms with Crippen molar-refractivity contribution in [2.75, 3.05) is 12.3 Å². The van der Waals surface area contributed by atoms with Crippen molar-refractivity contribution in [1.82, 2.24) is 5.32 Å². The molecule has 0 bridgehead atoms. The van der Waals surface area contributed by atoms with Crippen LogP contribution in [0.25, 0.3) is 0 Å². The number of carbonyl (C=O) groups excluding carboxylic acids is 2. The van der Waals surface area contributed by atoms with Crippen LogP contribution in [-0.2, 0) is 20.7 Å². The maximum atomic E-state index is 11.8. The van der Waals surface area contributed by atoms with Gasteiger partial charge in [-0.15, -0.1) is 0 Å². The maximum Gasteiger partial charge on any atom is 0.311 e. The Balaban J connectivity index is 1.91. The SMILES string of the molecule is Nc1cccc(CC(=O)OC2CCCCNC2=O)c1. The summed E-state index contributed by atoms with van der Waals surface area (Å²) in [7, 11) is 0. The standard InChI is InChI=1S/C14H18N2O3/c15-11-5-3-4-10(8-11)9-13(17)19-12-6-1-2-7-16-14(12)18/h3-5,8,12H,1-2,6-7,9,15H2,(H,16,18). The van der Waals surface area contributed by atoms with Crippen molar-refractivity contribution >= 4 is 17.6 Å². The molecule has 1 aliphatic rings. The van der Waals surface area contributed by atoms with Gasteiger partial charge in [0.25, 0.3) is 5.91 Å². The number of amides is 1. The summed E-state index contributed by atoms with van der Waals surface area (Å²) >= 11 is 0. The van der Waals surface area contributed by atoms with E-state index >= 15 is 0 Å². The van der Waals surface area contributed by atoms with Gasteiger partial charge in [0.2, 0.25) is 0 Å². The average Bonchev–Trinajstić information content (AvgIpc) is 2.55. The van der Waals surface area contributed by atoms with Crippen LogP contribution in [0.2, 0.25) is 0 Å². The highest BCUT2D eigenvalue weighted by Crippen LogP contribution is 2.12. The molecule has 1 amide bonds. The first kappa shape index (κ1) is 13.4. The van der Waals surface area contributed by atoms with E-state index in [-0.39, 0.29) is 12.3 Å². The summed E-state index contributed by atoms with van der Waals surface area (Å²) in [5, 5.41) is 2.74. The van der Waals surface area contributed by atoms with Gasteiger partial charge in [0.15, 0.2) is 6.10 Å². The van der Waals surface area contributed by atoms with Crippen LogP contribution >= 0.6 is 0 Å². The van der Waals surface area contributed by atoms with Crippen LogP contribution in [0, 0.1) is 0 Å². The van der Waals surface area contributed by atoms with E-state index in [1.807, 2.05) is 6.07 Å². The molecule has 5 nitrogen and oxygen atoms in total. The van der Waals surface area contributed by atoms with Gasteiger partial charge in [0.1, 0.15) is 0 Å². The molecule has 1 saturated heterocycles. The van der Waals surface area contributed by atoms with E-state index in [1.165, 1.54) is 0 Å². The Morgan fingerprint density at radius 3 is 3.05 bits per heavy atom. The second-order valence-corrected chi connectivity index (χ2v) is 4.69. The molecule has 19 heavy (non-hydrogen) atoms. The summed E-state index contributed by atoms with van der Waals surface area (Å²) in [6.07, 6.45) is 1.88. The largest absolute Gasteiger partial charge is 0.452 e. The van der Waals surface area contributed by atoms with Crippen LogP contribution in [0.1, 0.15) is 24.8 Å². The van der Waals surface area contributed by atoms with Crippen LogP contribution in [0.4, 0.5) is 5.69 Å². The van der Waals surface area contributed by atoms with E-state index in [0.29, 0.717) is 18.7 Å². The molecule has 1 atom stereocenters. The second-order valence-electron chi connectivity index (χ2n) is 4.69. The highest BCUT2D eigenvalue weighted by molar-refractivity contribution is 5.84. The zero-order valence-electron chi connectivity index (χ0n) is 10.7. The number of nitrogens with two attached hydrogens (primary N) is 1. The van der Waals surface area contributed by atoms with Gasteiger partial charge in [0, 0.05) is 12.2 Å². The Kier molecular flexibility index (Phi) is 4.39. The molecule has 1 unspecified atom stereocenters. The minimum absolute atomic E-state index is 0.134. The first-order valence-corrected chi connectivity index (χ1v) is 6.47. The molecule has 1 heterocycles. The third-order valence-corrected chi connectivity index (χ3v) is 3.06. The number of esters is 1. The molecule has 1 fully saturated rings. The highest BCUT2D eigenvalue weighted by Gasteiger charge is 2.24. The van der Waals surface area contributed by atoms with Gasteiger partial charge >= 0.3 is 5.97 Å². The summed E-state index contributed by atoms with van der Waals surface area (Å²) in [4.78, 5) is 23.5. The number of ether oxygens (including phenoxy) is 1. The van der Waals surface area contributed by atoms with Crippen LogP contribution in [0.3, 0.4) is 0 Å². The lowest BCUT2D eigenvalue weighted by molar-refractivity contribution is -0.155. The first-order valence-electron chi connectivity index (χ1n) is 6.47. The quantitative estimate of drug-likeness (QED) is 0.629. The van der Waals surface area contributed by atoms with Crippen molar-refractivity contribution in [2.24, 2.45) is 0 Å². The van der Waals surface area contributed by atoms with Crippen LogP contribution < -0.4 is 11.1 Å². The van der Waals surface area contributed by atoms with Crippen molar-refractivity contribution in [3.05, 3.63) is 29.8 Å². The fraction of sp³-hybridized carbons (Fsp3) is 0.429. The predicted octanol–water partition coefficient (Wildman–Crippen LogP) is 1.02. The van der Waals surface area contributed by atoms with Crippen LogP contribution in [-0.4, -0.2) is 24.5 Å². The summed E-state index contributed by atoms with van der Waals surface area (Å²) in [5.74, 6) is -0.592. The number of anilines is 1. The average molecular weight is 262 g/mol. The van der Waals surface area contributed by atoms with Gasteiger partial charge in [-0.05, 0) is 37.0 Å². The van der Waals surface area contributed by atoms with Gasteiger partial charge in [-0.1, -0.05) is 12.1 Å². The zero-order chi connectivity index (χ0) is 13.7. The molecule has 0 saturated carbocycles. The van der Waals surface area contributed by atoms with Gasteiger partial charge in [0.05, 0.1) is 6.42 Å². The lowest BCUT2D eigenvalue weighted by Gasteiger charge is -2.14. The third kappa shape index (κ3) is 3.98. The Morgan fingerprint density at radius 1 is 1.42 bits per heavy atom. The zero-order valence-corrected chi connectivity index (χ0v) is 10.7. The number of rotatable bonds is 3. The van der Waals surface area contributed by atoms with Crippen LogP contribution in [0.15, 0.2) is 24.3 Å². The summed E-state index contributed by atoms with van der Waals surface area (Å²) in [6.45, 7) is 0.655. The number of benzene rings is 1. The summed E-state index contributed by atoms with van der Waals surface area (Å²) < 4.78 is 5.24. The monoisotopic (exact) mass is 262 g/mol. The van der Waals surface area contributed by atoms with Gasteiger partial charge < -0.3 is 15.8 Å².